The first-order chi connectivity index (χ1) is 10.5. The summed E-state index contributed by atoms with van der Waals surface area (Å²) in [5.41, 5.74) is 0.850. The predicted octanol–water partition coefficient (Wildman–Crippen LogP) is -0.778. The largest absolute Gasteiger partial charge is 0.508 e. The molecule has 0 saturated carbocycles. The lowest BCUT2D eigenvalue weighted by atomic mass is 9.99. The number of hydrogen-bond donors (Lipinski definition) is 5. The number of aromatic hydroxyl groups is 1. The third-order valence-corrected chi connectivity index (χ3v) is 3.43. The highest BCUT2D eigenvalue weighted by molar-refractivity contribution is 5.50. The SMILES string of the molecule is OC[C@H]1OC(O)[C@H](O)[C@@H](OCC=Cc2ccc(O)cc2)[C@@H]1O. The molecule has 0 radical (unpaired) electrons. The van der Waals surface area contributed by atoms with Gasteiger partial charge in [0.1, 0.15) is 30.2 Å². The highest BCUT2D eigenvalue weighted by Crippen LogP contribution is 2.22. The molecule has 0 amide bonds. The summed E-state index contributed by atoms with van der Waals surface area (Å²) in [6, 6.07) is 6.54. The number of rotatable bonds is 5. The van der Waals surface area contributed by atoms with Gasteiger partial charge in [0.25, 0.3) is 0 Å². The Hall–Kier alpha value is -1.48. The van der Waals surface area contributed by atoms with Crippen LogP contribution in [0.2, 0.25) is 0 Å². The number of aliphatic hydroxyl groups is 4. The van der Waals surface area contributed by atoms with Crippen LogP contribution in [-0.4, -0.2) is 69.5 Å². The van der Waals surface area contributed by atoms with E-state index in [1.54, 1.807) is 36.4 Å². The molecule has 0 bridgehead atoms. The first-order valence-electron chi connectivity index (χ1n) is 6.90. The van der Waals surface area contributed by atoms with E-state index in [1.165, 1.54) is 0 Å². The highest BCUT2D eigenvalue weighted by Gasteiger charge is 2.44. The Bertz CT molecular complexity index is 487. The lowest BCUT2D eigenvalue weighted by molar-refractivity contribution is -0.292. The maximum absolute atomic E-state index is 9.93. The molecule has 1 aliphatic heterocycles. The number of phenols is 1. The maximum atomic E-state index is 9.93. The number of phenolic OH excluding ortho intramolecular Hbond substituents is 1. The zero-order valence-corrected chi connectivity index (χ0v) is 11.8. The molecule has 7 nitrogen and oxygen atoms in total. The number of benzene rings is 1. The van der Waals surface area contributed by atoms with Gasteiger partial charge >= 0.3 is 0 Å². The first-order valence-corrected chi connectivity index (χ1v) is 6.90. The fourth-order valence-corrected chi connectivity index (χ4v) is 2.20. The monoisotopic (exact) mass is 312 g/mol. The van der Waals surface area contributed by atoms with Crippen molar-refractivity contribution >= 4 is 6.08 Å². The van der Waals surface area contributed by atoms with Gasteiger partial charge in [-0.3, -0.25) is 0 Å². The van der Waals surface area contributed by atoms with E-state index in [0.29, 0.717) is 0 Å². The Morgan fingerprint density at radius 2 is 1.77 bits per heavy atom. The molecule has 1 aromatic carbocycles. The van der Waals surface area contributed by atoms with Crippen molar-refractivity contribution in [3.63, 3.8) is 0 Å². The lowest BCUT2D eigenvalue weighted by Gasteiger charge is -2.39. The van der Waals surface area contributed by atoms with Gasteiger partial charge in [-0.25, -0.2) is 0 Å². The Kier molecular flexibility index (Phi) is 5.90. The van der Waals surface area contributed by atoms with Crippen molar-refractivity contribution in [1.82, 2.24) is 0 Å². The van der Waals surface area contributed by atoms with E-state index < -0.39 is 37.3 Å². The van der Waals surface area contributed by atoms with Crippen LogP contribution in [0.3, 0.4) is 0 Å². The molecule has 1 fully saturated rings. The second kappa shape index (κ2) is 7.68. The average molecular weight is 312 g/mol. The van der Waals surface area contributed by atoms with Gasteiger partial charge in [-0.05, 0) is 17.7 Å². The minimum Gasteiger partial charge on any atom is -0.508 e. The minimum atomic E-state index is -1.52. The number of ether oxygens (including phenoxy) is 2. The van der Waals surface area contributed by atoms with Crippen LogP contribution in [0, 0.1) is 0 Å². The predicted molar refractivity (Wildman–Crippen MR) is 76.9 cm³/mol. The molecule has 0 aromatic heterocycles. The lowest BCUT2D eigenvalue weighted by Crippen LogP contribution is -2.59. The molecular formula is C15H20O7. The standard InChI is InChI=1S/C15H20O7/c16-8-11-12(18)14(13(19)15(20)22-11)21-7-1-2-9-3-5-10(17)6-4-9/h1-6,11-20H,7-8H2/t11-,12-,13-,14+,15?/m1/s1. The molecule has 0 aliphatic carbocycles. The van der Waals surface area contributed by atoms with Crippen LogP contribution in [-0.2, 0) is 9.47 Å². The molecule has 1 saturated heterocycles. The fourth-order valence-electron chi connectivity index (χ4n) is 2.20. The molecule has 1 heterocycles. The molecule has 5 atom stereocenters. The number of aliphatic hydroxyl groups excluding tert-OH is 4. The third kappa shape index (κ3) is 4.04. The van der Waals surface area contributed by atoms with Crippen LogP contribution in [0.1, 0.15) is 5.56 Å². The zero-order valence-electron chi connectivity index (χ0n) is 11.8. The smallest absolute Gasteiger partial charge is 0.184 e. The Morgan fingerprint density at radius 3 is 2.41 bits per heavy atom. The summed E-state index contributed by atoms with van der Waals surface area (Å²) in [6.07, 6.45) is -2.83. The molecule has 2 rings (SSSR count). The minimum absolute atomic E-state index is 0.0878. The summed E-state index contributed by atoms with van der Waals surface area (Å²) in [5, 5.41) is 47.4. The second-order valence-corrected chi connectivity index (χ2v) is 5.02. The van der Waals surface area contributed by atoms with Gasteiger partial charge < -0.3 is 35.0 Å². The Balaban J connectivity index is 1.90. The van der Waals surface area contributed by atoms with E-state index in [9.17, 15) is 15.3 Å². The van der Waals surface area contributed by atoms with Gasteiger partial charge in [-0.15, -0.1) is 0 Å². The normalized spacial score (nSPS) is 32.5. The van der Waals surface area contributed by atoms with Crippen molar-refractivity contribution < 1.29 is 35.0 Å². The van der Waals surface area contributed by atoms with Crippen molar-refractivity contribution in [2.45, 2.75) is 30.7 Å². The van der Waals surface area contributed by atoms with Gasteiger partial charge in [0, 0.05) is 0 Å². The van der Waals surface area contributed by atoms with Crippen molar-refractivity contribution in [1.29, 1.82) is 0 Å². The third-order valence-electron chi connectivity index (χ3n) is 3.43. The summed E-state index contributed by atoms with van der Waals surface area (Å²) in [4.78, 5) is 0. The molecule has 5 N–H and O–H groups in total. The second-order valence-electron chi connectivity index (χ2n) is 5.02. The van der Waals surface area contributed by atoms with Crippen LogP contribution >= 0.6 is 0 Å². The van der Waals surface area contributed by atoms with Gasteiger partial charge in [0.2, 0.25) is 0 Å². The Morgan fingerprint density at radius 1 is 1.09 bits per heavy atom. The molecular weight excluding hydrogens is 292 g/mol. The topological polar surface area (TPSA) is 120 Å². The highest BCUT2D eigenvalue weighted by atomic mass is 16.6. The molecule has 0 spiro atoms. The van der Waals surface area contributed by atoms with Crippen LogP contribution < -0.4 is 0 Å². The van der Waals surface area contributed by atoms with E-state index in [0.717, 1.165) is 5.56 Å². The van der Waals surface area contributed by atoms with Crippen LogP contribution in [0.4, 0.5) is 0 Å². The quantitative estimate of drug-likeness (QED) is 0.484. The maximum Gasteiger partial charge on any atom is 0.184 e. The first kappa shape index (κ1) is 16.9. The summed E-state index contributed by atoms with van der Waals surface area (Å²) in [7, 11) is 0. The summed E-state index contributed by atoms with van der Waals surface area (Å²) in [5.74, 6) is 0.172. The van der Waals surface area contributed by atoms with E-state index in [4.69, 9.17) is 19.7 Å². The molecule has 1 aliphatic rings. The van der Waals surface area contributed by atoms with E-state index in [2.05, 4.69) is 0 Å². The van der Waals surface area contributed by atoms with Crippen molar-refractivity contribution in [3.8, 4) is 5.75 Å². The van der Waals surface area contributed by atoms with Crippen molar-refractivity contribution in [2.75, 3.05) is 13.2 Å². The molecule has 1 unspecified atom stereocenters. The molecule has 1 aromatic rings. The molecule has 22 heavy (non-hydrogen) atoms. The van der Waals surface area contributed by atoms with Gasteiger partial charge in [0.05, 0.1) is 13.2 Å². The Labute approximate surface area is 127 Å². The van der Waals surface area contributed by atoms with Gasteiger partial charge in [-0.1, -0.05) is 24.3 Å². The summed E-state index contributed by atoms with van der Waals surface area (Å²) < 4.78 is 10.2. The van der Waals surface area contributed by atoms with Gasteiger partial charge in [0.15, 0.2) is 6.29 Å². The van der Waals surface area contributed by atoms with Gasteiger partial charge in [-0.2, -0.15) is 0 Å². The van der Waals surface area contributed by atoms with E-state index in [-0.39, 0.29) is 12.4 Å². The summed E-state index contributed by atoms with van der Waals surface area (Å²) >= 11 is 0. The van der Waals surface area contributed by atoms with Crippen molar-refractivity contribution in [3.05, 3.63) is 35.9 Å². The molecule has 122 valence electrons. The fraction of sp³-hybridized carbons (Fsp3) is 0.467. The average Bonchev–Trinajstić information content (AvgIpc) is 2.52. The van der Waals surface area contributed by atoms with Crippen LogP contribution in [0.15, 0.2) is 30.3 Å². The van der Waals surface area contributed by atoms with E-state index >= 15 is 0 Å². The van der Waals surface area contributed by atoms with Crippen LogP contribution in [0.25, 0.3) is 6.08 Å². The zero-order chi connectivity index (χ0) is 16.1. The van der Waals surface area contributed by atoms with Crippen LogP contribution in [0.5, 0.6) is 5.75 Å². The summed E-state index contributed by atoms with van der Waals surface area (Å²) in [6.45, 7) is -0.404. The molecule has 7 heteroatoms. The van der Waals surface area contributed by atoms with Crippen molar-refractivity contribution in [2.24, 2.45) is 0 Å². The number of hydrogen-bond acceptors (Lipinski definition) is 7. The van der Waals surface area contributed by atoms with E-state index in [1.807, 2.05) is 0 Å².